The van der Waals surface area contributed by atoms with E-state index < -0.39 is 22.4 Å². The van der Waals surface area contributed by atoms with Crippen molar-refractivity contribution in [2.24, 2.45) is 0 Å². The molecule has 3 aromatic rings. The summed E-state index contributed by atoms with van der Waals surface area (Å²) >= 11 is 0. The number of hydrogen-bond acceptors (Lipinski definition) is 9. The lowest BCUT2D eigenvalue weighted by atomic mass is 10.1. The number of nitrogen functional groups attached to an aromatic ring is 1. The molecular formula is C23H26N3O6PS. The number of aryl methyl sites for hydroxylation is 1. The third-order valence-electron chi connectivity index (χ3n) is 5.43. The number of rotatable bonds is 9. The molecule has 3 rings (SSSR count). The molecule has 1 heterocycles. The zero-order valence-corrected chi connectivity index (χ0v) is 21.0. The molecule has 0 aliphatic rings. The Kier molecular flexibility index (Phi) is 7.67. The molecule has 0 amide bonds. The molecule has 180 valence electrons. The van der Waals surface area contributed by atoms with Gasteiger partial charge in [-0.05, 0) is 31.5 Å². The van der Waals surface area contributed by atoms with Crippen molar-refractivity contribution in [3.63, 3.8) is 0 Å². The van der Waals surface area contributed by atoms with Gasteiger partial charge in [0.25, 0.3) is 0 Å². The third kappa shape index (κ3) is 5.26. The highest BCUT2D eigenvalue weighted by atomic mass is 32.2. The molecule has 0 fully saturated rings. The molecule has 0 saturated carbocycles. The third-order valence-corrected chi connectivity index (χ3v) is 10.8. The van der Waals surface area contributed by atoms with Crippen LogP contribution < -0.4 is 5.73 Å². The predicted molar refractivity (Wildman–Crippen MR) is 129 cm³/mol. The number of anilines is 1. The fraction of sp³-hybridized carbons (Fsp3) is 0.261. The zero-order chi connectivity index (χ0) is 25.1. The number of carbonyl (C=O) groups is 1. The molecule has 2 aromatic carbocycles. The van der Waals surface area contributed by atoms with Crippen molar-refractivity contribution in [2.45, 2.75) is 30.2 Å². The molecule has 0 aliphatic carbocycles. The first-order valence-corrected chi connectivity index (χ1v) is 13.4. The number of carbonyl (C=O) groups excluding carboxylic acids is 1. The van der Waals surface area contributed by atoms with Gasteiger partial charge in [0.1, 0.15) is 5.69 Å². The minimum absolute atomic E-state index is 0.0174. The van der Waals surface area contributed by atoms with E-state index in [2.05, 4.69) is 9.97 Å². The topological polar surface area (TPSA) is 139 Å². The first-order valence-electron chi connectivity index (χ1n) is 10.3. The second kappa shape index (κ2) is 10.1. The summed E-state index contributed by atoms with van der Waals surface area (Å²) in [6, 6.07) is 13.4. The smallest absolute Gasteiger partial charge is 0.348 e. The van der Waals surface area contributed by atoms with Gasteiger partial charge < -0.3 is 14.8 Å². The van der Waals surface area contributed by atoms with Gasteiger partial charge in [-0.15, -0.1) is 0 Å². The summed E-state index contributed by atoms with van der Waals surface area (Å²) < 4.78 is 47.9. The molecule has 0 aliphatic heterocycles. The quantitative estimate of drug-likeness (QED) is 0.338. The number of benzene rings is 2. The average molecular weight is 504 g/mol. The Labute approximate surface area is 198 Å². The Morgan fingerprint density at radius 3 is 2.21 bits per heavy atom. The van der Waals surface area contributed by atoms with Gasteiger partial charge in [-0.3, -0.25) is 9.36 Å². The van der Waals surface area contributed by atoms with Crippen LogP contribution in [0.1, 0.15) is 28.5 Å². The maximum Gasteiger partial charge on any atom is 0.348 e. The minimum atomic E-state index is -4.00. The summed E-state index contributed by atoms with van der Waals surface area (Å²) in [5, 5.41) is 0. The van der Waals surface area contributed by atoms with E-state index in [1.165, 1.54) is 37.4 Å². The number of aromatic nitrogens is 2. The average Bonchev–Trinajstić information content (AvgIpc) is 2.84. The molecule has 1 atom stereocenters. The van der Waals surface area contributed by atoms with Crippen LogP contribution in [0.2, 0.25) is 0 Å². The highest BCUT2D eigenvalue weighted by Gasteiger charge is 2.41. The fourth-order valence-corrected chi connectivity index (χ4v) is 7.16. The standard InChI is InChI=1S/C23H26N3O6PS/c1-15-5-9-18(10-6-15)20-14-25-23(24)22(26-20)21(27)13-17-7-11-19(12-8-17)34(29,30)16(2)33(28,31-3)32-4/h5-12,14,16H,13H2,1-4H3,(H2,24,25)/t16-/m0/s1. The summed E-state index contributed by atoms with van der Waals surface area (Å²) in [5.74, 6) is -0.338. The predicted octanol–water partition coefficient (Wildman–Crippen LogP) is 4.07. The molecule has 0 unspecified atom stereocenters. The maximum absolute atomic E-state index is 12.9. The Hall–Kier alpha value is -2.91. The molecule has 0 radical (unpaired) electrons. The van der Waals surface area contributed by atoms with Gasteiger partial charge in [0.05, 0.1) is 16.8 Å². The van der Waals surface area contributed by atoms with Crippen molar-refractivity contribution in [1.82, 2.24) is 9.97 Å². The van der Waals surface area contributed by atoms with Crippen molar-refractivity contribution >= 4 is 29.0 Å². The monoisotopic (exact) mass is 503 g/mol. The van der Waals surface area contributed by atoms with Crippen molar-refractivity contribution in [3.8, 4) is 11.3 Å². The van der Waals surface area contributed by atoms with Gasteiger partial charge in [-0.1, -0.05) is 42.0 Å². The number of nitrogens with two attached hydrogens (primary N) is 1. The van der Waals surface area contributed by atoms with E-state index in [4.69, 9.17) is 14.8 Å². The number of sulfone groups is 1. The van der Waals surface area contributed by atoms with Gasteiger partial charge in [-0.2, -0.15) is 0 Å². The van der Waals surface area contributed by atoms with Crippen LogP contribution in [0.5, 0.6) is 0 Å². The largest absolute Gasteiger partial charge is 0.382 e. The fourth-order valence-electron chi connectivity index (χ4n) is 3.27. The molecule has 0 spiro atoms. The van der Waals surface area contributed by atoms with Gasteiger partial charge in [0.15, 0.2) is 26.4 Å². The van der Waals surface area contributed by atoms with Gasteiger partial charge in [0, 0.05) is 26.2 Å². The number of ketones is 1. The Bertz CT molecular complexity index is 1330. The number of nitrogens with zero attached hydrogens (tertiary/aromatic N) is 2. The zero-order valence-electron chi connectivity index (χ0n) is 19.3. The highest BCUT2D eigenvalue weighted by molar-refractivity contribution is 7.98. The van der Waals surface area contributed by atoms with E-state index in [1.54, 1.807) is 0 Å². The Morgan fingerprint density at radius 1 is 1.06 bits per heavy atom. The molecule has 2 N–H and O–H groups in total. The van der Waals surface area contributed by atoms with Crippen LogP contribution in [0.25, 0.3) is 11.3 Å². The number of Topliss-reactive ketones (excluding diaryl/α,β-unsaturated/α-hetero) is 1. The van der Waals surface area contributed by atoms with E-state index in [0.29, 0.717) is 11.3 Å². The summed E-state index contributed by atoms with van der Waals surface area (Å²) in [6.45, 7) is 3.24. The summed E-state index contributed by atoms with van der Waals surface area (Å²) in [6.07, 6.45) is 1.46. The highest BCUT2D eigenvalue weighted by Crippen LogP contribution is 2.54. The summed E-state index contributed by atoms with van der Waals surface area (Å²) in [7, 11) is -5.58. The van der Waals surface area contributed by atoms with Gasteiger partial charge in [-0.25, -0.2) is 18.4 Å². The van der Waals surface area contributed by atoms with E-state index in [1.807, 2.05) is 31.2 Å². The van der Waals surface area contributed by atoms with E-state index in [-0.39, 0.29) is 28.6 Å². The SMILES string of the molecule is COP(=O)(OC)[C@H](C)S(=O)(=O)c1ccc(CC(=O)c2nc(-c3ccc(C)cc3)cnc2N)cc1. The minimum Gasteiger partial charge on any atom is -0.382 e. The second-order valence-corrected chi connectivity index (χ2v) is 12.9. The summed E-state index contributed by atoms with van der Waals surface area (Å²) in [4.78, 5) is 19.9. The van der Waals surface area contributed by atoms with Crippen LogP contribution in [-0.2, 0) is 29.9 Å². The molecule has 11 heteroatoms. The van der Waals surface area contributed by atoms with Gasteiger partial charge in [0.2, 0.25) is 0 Å². The lowest BCUT2D eigenvalue weighted by Crippen LogP contribution is -2.20. The molecule has 0 bridgehead atoms. The van der Waals surface area contributed by atoms with Crippen molar-refractivity contribution in [1.29, 1.82) is 0 Å². The first kappa shape index (κ1) is 25.7. The first-order chi connectivity index (χ1) is 16.0. The molecule has 9 nitrogen and oxygen atoms in total. The lowest BCUT2D eigenvalue weighted by molar-refractivity contribution is 0.0989. The molecule has 34 heavy (non-hydrogen) atoms. The van der Waals surface area contributed by atoms with Crippen molar-refractivity contribution in [2.75, 3.05) is 20.0 Å². The second-order valence-electron chi connectivity index (χ2n) is 7.65. The lowest BCUT2D eigenvalue weighted by Gasteiger charge is -2.21. The van der Waals surface area contributed by atoms with Crippen LogP contribution in [-0.4, -0.2) is 43.4 Å². The van der Waals surface area contributed by atoms with Crippen molar-refractivity contribution < 1.29 is 26.8 Å². The molecule has 1 aromatic heterocycles. The van der Waals surface area contributed by atoms with Crippen LogP contribution in [0.3, 0.4) is 0 Å². The van der Waals surface area contributed by atoms with Gasteiger partial charge >= 0.3 is 7.60 Å². The van der Waals surface area contributed by atoms with Crippen LogP contribution in [0.15, 0.2) is 59.6 Å². The van der Waals surface area contributed by atoms with Crippen molar-refractivity contribution in [3.05, 3.63) is 71.5 Å². The van der Waals surface area contributed by atoms with Crippen LogP contribution >= 0.6 is 7.60 Å². The Morgan fingerprint density at radius 2 is 1.65 bits per heavy atom. The van der Waals surface area contributed by atoms with E-state index >= 15 is 0 Å². The Balaban J connectivity index is 1.82. The maximum atomic E-state index is 12.9. The number of hydrogen-bond donors (Lipinski definition) is 1. The molecular weight excluding hydrogens is 477 g/mol. The normalized spacial score (nSPS) is 12.9. The summed E-state index contributed by atoms with van der Waals surface area (Å²) in [5.41, 5.74) is 8.93. The van der Waals surface area contributed by atoms with E-state index in [9.17, 15) is 17.8 Å². The molecule has 0 saturated heterocycles. The van der Waals surface area contributed by atoms with E-state index in [0.717, 1.165) is 25.3 Å². The van der Waals surface area contributed by atoms with Crippen LogP contribution in [0.4, 0.5) is 5.82 Å². The van der Waals surface area contributed by atoms with Crippen LogP contribution in [0, 0.1) is 6.92 Å².